The second kappa shape index (κ2) is 12.3. The van der Waals surface area contributed by atoms with Gasteiger partial charge in [-0.1, -0.05) is 36.8 Å². The number of hydrogen-bond donors (Lipinski definition) is 1. The smallest absolute Gasteiger partial charge is 0.244 e. The van der Waals surface area contributed by atoms with E-state index < -0.39 is 34.1 Å². The number of anilines is 1. The van der Waals surface area contributed by atoms with Crippen molar-refractivity contribution in [1.29, 1.82) is 0 Å². The van der Waals surface area contributed by atoms with E-state index in [0.29, 0.717) is 12.2 Å². The molecule has 1 atom stereocenters. The van der Waals surface area contributed by atoms with Crippen LogP contribution in [0.5, 0.6) is 11.5 Å². The van der Waals surface area contributed by atoms with E-state index in [1.54, 1.807) is 12.1 Å². The highest BCUT2D eigenvalue weighted by atomic mass is 32.2. The van der Waals surface area contributed by atoms with Gasteiger partial charge in [0.05, 0.1) is 26.2 Å². The first-order valence-electron chi connectivity index (χ1n) is 12.1. The Morgan fingerprint density at radius 1 is 1.03 bits per heavy atom. The fourth-order valence-electron chi connectivity index (χ4n) is 3.85. The summed E-state index contributed by atoms with van der Waals surface area (Å²) >= 11 is 0. The highest BCUT2D eigenvalue weighted by Gasteiger charge is 2.33. The standard InChI is InChI=1S/C27H39N3O6S/c1-9-22(26(32)28-27(3,4)5)29(17-20-12-10-19(2)11-13-20)25(31)18-30(37(8,33)34)23-15-14-21(35-6)16-24(23)36-7/h10-16,22H,9,17-18H2,1-8H3,(H,28,32)/t22-/m0/s1. The number of nitrogens with zero attached hydrogens (tertiary/aromatic N) is 2. The molecular formula is C27H39N3O6S. The molecule has 1 N–H and O–H groups in total. The van der Waals surface area contributed by atoms with Crippen molar-refractivity contribution in [3.63, 3.8) is 0 Å². The van der Waals surface area contributed by atoms with Crippen LogP contribution in [0.25, 0.3) is 0 Å². The van der Waals surface area contributed by atoms with Crippen LogP contribution >= 0.6 is 0 Å². The number of amides is 2. The van der Waals surface area contributed by atoms with Crippen molar-refractivity contribution in [3.05, 3.63) is 53.6 Å². The molecule has 0 spiro atoms. The molecule has 37 heavy (non-hydrogen) atoms. The van der Waals surface area contributed by atoms with Gasteiger partial charge >= 0.3 is 0 Å². The predicted molar refractivity (Wildman–Crippen MR) is 145 cm³/mol. The molecule has 2 aromatic rings. The number of hydrogen-bond acceptors (Lipinski definition) is 6. The molecule has 9 nitrogen and oxygen atoms in total. The molecule has 0 aliphatic carbocycles. The number of carbonyl (C=O) groups excluding carboxylic acids is 2. The third-order valence-electron chi connectivity index (χ3n) is 5.69. The second-order valence-electron chi connectivity index (χ2n) is 9.98. The van der Waals surface area contributed by atoms with Crippen LogP contribution in [0.15, 0.2) is 42.5 Å². The van der Waals surface area contributed by atoms with Crippen LogP contribution in [-0.2, 0) is 26.2 Å². The molecule has 2 amide bonds. The zero-order valence-electron chi connectivity index (χ0n) is 23.0. The Hall–Kier alpha value is -3.27. The summed E-state index contributed by atoms with van der Waals surface area (Å²) < 4.78 is 37.3. The molecule has 0 heterocycles. The minimum Gasteiger partial charge on any atom is -0.497 e. The Morgan fingerprint density at radius 2 is 1.65 bits per heavy atom. The number of benzene rings is 2. The Balaban J connectivity index is 2.52. The molecule has 0 bridgehead atoms. The van der Waals surface area contributed by atoms with Gasteiger partial charge in [0.2, 0.25) is 21.8 Å². The molecule has 2 aromatic carbocycles. The van der Waals surface area contributed by atoms with Crippen LogP contribution < -0.4 is 19.1 Å². The number of carbonyl (C=O) groups is 2. The average molecular weight is 534 g/mol. The minimum atomic E-state index is -3.89. The van der Waals surface area contributed by atoms with Crippen molar-refractivity contribution >= 4 is 27.5 Å². The highest BCUT2D eigenvalue weighted by molar-refractivity contribution is 7.92. The largest absolute Gasteiger partial charge is 0.497 e. The monoisotopic (exact) mass is 533 g/mol. The van der Waals surface area contributed by atoms with Crippen molar-refractivity contribution in [2.24, 2.45) is 0 Å². The quantitative estimate of drug-likeness (QED) is 0.474. The molecule has 0 radical (unpaired) electrons. The summed E-state index contributed by atoms with van der Waals surface area (Å²) in [5.74, 6) is -0.102. The molecule has 0 saturated heterocycles. The van der Waals surface area contributed by atoms with Gasteiger partial charge in [0.25, 0.3) is 0 Å². The number of sulfonamides is 1. The van der Waals surface area contributed by atoms with Crippen LogP contribution in [0.4, 0.5) is 5.69 Å². The third-order valence-corrected chi connectivity index (χ3v) is 6.82. The Kier molecular flexibility index (Phi) is 9.97. The minimum absolute atomic E-state index is 0.145. The first kappa shape index (κ1) is 30.0. The van der Waals surface area contributed by atoms with E-state index in [1.807, 2.05) is 58.9 Å². The lowest BCUT2D eigenvalue weighted by Gasteiger charge is -2.34. The normalized spacial score (nSPS) is 12.4. The number of nitrogens with one attached hydrogen (secondary N) is 1. The summed E-state index contributed by atoms with van der Waals surface area (Å²) in [6.07, 6.45) is 1.38. The Morgan fingerprint density at radius 3 is 2.14 bits per heavy atom. The van der Waals surface area contributed by atoms with Crippen LogP contribution in [0.1, 0.15) is 45.2 Å². The van der Waals surface area contributed by atoms with Gasteiger partial charge in [-0.3, -0.25) is 13.9 Å². The van der Waals surface area contributed by atoms with Gasteiger partial charge in [-0.15, -0.1) is 0 Å². The summed E-state index contributed by atoms with van der Waals surface area (Å²) in [6, 6.07) is 11.5. The summed E-state index contributed by atoms with van der Waals surface area (Å²) in [7, 11) is -0.994. The average Bonchev–Trinajstić information content (AvgIpc) is 2.81. The molecule has 0 unspecified atom stereocenters. The van der Waals surface area contributed by atoms with Crippen LogP contribution in [0.2, 0.25) is 0 Å². The summed E-state index contributed by atoms with van der Waals surface area (Å²) in [4.78, 5) is 28.5. The van der Waals surface area contributed by atoms with Gasteiger partial charge in [-0.2, -0.15) is 0 Å². The zero-order valence-corrected chi connectivity index (χ0v) is 23.8. The van der Waals surface area contributed by atoms with E-state index in [2.05, 4.69) is 5.32 Å². The maximum absolute atomic E-state index is 13.8. The van der Waals surface area contributed by atoms with Gasteiger partial charge < -0.3 is 19.7 Å². The molecule has 10 heteroatoms. The maximum Gasteiger partial charge on any atom is 0.244 e. The van der Waals surface area contributed by atoms with Crippen molar-refractivity contribution in [2.45, 2.75) is 59.2 Å². The summed E-state index contributed by atoms with van der Waals surface area (Å²) in [5, 5.41) is 2.95. The maximum atomic E-state index is 13.8. The van der Waals surface area contributed by atoms with Crippen LogP contribution in [0.3, 0.4) is 0 Å². The van der Waals surface area contributed by atoms with Crippen LogP contribution in [-0.4, -0.2) is 63.7 Å². The van der Waals surface area contributed by atoms with Gasteiger partial charge in [0.1, 0.15) is 24.1 Å². The number of rotatable bonds is 11. The molecule has 204 valence electrons. The molecule has 0 aliphatic rings. The first-order chi connectivity index (χ1) is 17.2. The molecule has 0 aliphatic heterocycles. The van der Waals surface area contributed by atoms with E-state index in [-0.39, 0.29) is 23.9 Å². The fraction of sp³-hybridized carbons (Fsp3) is 0.481. The molecular weight excluding hydrogens is 494 g/mol. The van der Waals surface area contributed by atoms with Gasteiger partial charge in [-0.25, -0.2) is 8.42 Å². The van der Waals surface area contributed by atoms with E-state index >= 15 is 0 Å². The molecule has 0 saturated carbocycles. The van der Waals surface area contributed by atoms with Crippen molar-refractivity contribution in [2.75, 3.05) is 31.3 Å². The number of aryl methyl sites for hydroxylation is 1. The summed E-state index contributed by atoms with van der Waals surface area (Å²) in [6.45, 7) is 9.02. The van der Waals surface area contributed by atoms with Gasteiger partial charge in [-0.05, 0) is 51.8 Å². The van der Waals surface area contributed by atoms with Crippen molar-refractivity contribution in [1.82, 2.24) is 10.2 Å². The van der Waals surface area contributed by atoms with E-state index in [1.165, 1.54) is 25.2 Å². The van der Waals surface area contributed by atoms with Crippen LogP contribution in [0, 0.1) is 6.92 Å². The summed E-state index contributed by atoms with van der Waals surface area (Å²) in [5.41, 5.74) is 1.59. The van der Waals surface area contributed by atoms with Gasteiger partial charge in [0, 0.05) is 18.2 Å². The SMILES string of the molecule is CC[C@@H](C(=O)NC(C)(C)C)N(Cc1ccc(C)cc1)C(=O)CN(c1ccc(OC)cc1OC)S(C)(=O)=O. The zero-order chi connectivity index (χ0) is 28.0. The Labute approximate surface area is 220 Å². The number of methoxy groups -OCH3 is 2. The van der Waals surface area contributed by atoms with Crippen molar-refractivity contribution < 1.29 is 27.5 Å². The second-order valence-corrected chi connectivity index (χ2v) is 11.9. The van der Waals surface area contributed by atoms with Crippen molar-refractivity contribution in [3.8, 4) is 11.5 Å². The number of ether oxygens (including phenoxy) is 2. The lowest BCUT2D eigenvalue weighted by Crippen LogP contribution is -2.55. The third kappa shape index (κ3) is 8.38. The Bertz CT molecular complexity index is 1190. The van der Waals surface area contributed by atoms with Gasteiger partial charge in [0.15, 0.2) is 0 Å². The highest BCUT2D eigenvalue weighted by Crippen LogP contribution is 2.33. The van der Waals surface area contributed by atoms with E-state index in [4.69, 9.17) is 9.47 Å². The lowest BCUT2D eigenvalue weighted by molar-refractivity contribution is -0.141. The fourth-order valence-corrected chi connectivity index (χ4v) is 4.70. The molecule has 2 rings (SSSR count). The van der Waals surface area contributed by atoms with E-state index in [9.17, 15) is 18.0 Å². The topological polar surface area (TPSA) is 105 Å². The predicted octanol–water partition coefficient (Wildman–Crippen LogP) is 3.50. The molecule has 0 fully saturated rings. The lowest BCUT2D eigenvalue weighted by atomic mass is 10.1. The van der Waals surface area contributed by atoms with E-state index in [0.717, 1.165) is 21.7 Å². The first-order valence-corrected chi connectivity index (χ1v) is 13.9. The molecule has 0 aromatic heterocycles.